The highest BCUT2D eigenvalue weighted by Gasteiger charge is 2.44. The van der Waals surface area contributed by atoms with Gasteiger partial charge in [-0.1, -0.05) is 25.0 Å². The van der Waals surface area contributed by atoms with Gasteiger partial charge in [-0.2, -0.15) is 0 Å². The van der Waals surface area contributed by atoms with Crippen molar-refractivity contribution in [2.24, 2.45) is 5.41 Å². The number of hydrogen-bond donors (Lipinski definition) is 5. The summed E-state index contributed by atoms with van der Waals surface area (Å²) in [5.74, 6) is 0. The first-order chi connectivity index (χ1) is 12.1. The van der Waals surface area contributed by atoms with Crippen LogP contribution in [0, 0.1) is 5.41 Å². The molecule has 7 heteroatoms. The zero-order valence-electron chi connectivity index (χ0n) is 16.1. The second kappa shape index (κ2) is 8.65. The monoisotopic (exact) mass is 374 g/mol. The van der Waals surface area contributed by atoms with Crippen molar-refractivity contribution in [2.75, 3.05) is 6.61 Å². The highest BCUT2D eigenvalue weighted by molar-refractivity contribution is 5.24. The largest absolute Gasteiger partial charge is 0.394 e. The molecule has 2 rings (SSSR count). The SMILES string of the molecule is CC1=C(CC[C@@H](C)O[C@@H]2O[C@H](CO)[C@@H](O)[C@H](O)[C@H]2O)C(C)(C)C[C@@H](O)C1. The number of ether oxygens (including phenoxy) is 2. The summed E-state index contributed by atoms with van der Waals surface area (Å²) < 4.78 is 11.1. The molecule has 1 saturated heterocycles. The summed E-state index contributed by atoms with van der Waals surface area (Å²) in [5, 5.41) is 48.9. The Morgan fingerprint density at radius 3 is 2.38 bits per heavy atom. The third kappa shape index (κ3) is 4.84. The van der Waals surface area contributed by atoms with Gasteiger partial charge in [0.1, 0.15) is 24.4 Å². The molecule has 1 aliphatic carbocycles. The Morgan fingerprint density at radius 1 is 1.15 bits per heavy atom. The maximum atomic E-state index is 10.1. The van der Waals surface area contributed by atoms with E-state index in [0.717, 1.165) is 12.8 Å². The maximum absolute atomic E-state index is 10.1. The van der Waals surface area contributed by atoms with Crippen LogP contribution >= 0.6 is 0 Å². The van der Waals surface area contributed by atoms with E-state index < -0.39 is 37.3 Å². The number of rotatable bonds is 6. The molecule has 1 fully saturated rings. The van der Waals surface area contributed by atoms with Gasteiger partial charge in [0.15, 0.2) is 6.29 Å². The van der Waals surface area contributed by atoms with Gasteiger partial charge in [0, 0.05) is 0 Å². The minimum Gasteiger partial charge on any atom is -0.394 e. The quantitative estimate of drug-likeness (QED) is 0.429. The van der Waals surface area contributed by atoms with Crippen LogP contribution in [0.5, 0.6) is 0 Å². The van der Waals surface area contributed by atoms with Crippen molar-refractivity contribution in [3.05, 3.63) is 11.1 Å². The van der Waals surface area contributed by atoms with E-state index in [2.05, 4.69) is 20.8 Å². The van der Waals surface area contributed by atoms with Crippen LogP contribution in [0.25, 0.3) is 0 Å². The summed E-state index contributed by atoms with van der Waals surface area (Å²) in [6.07, 6.45) is -3.86. The molecule has 0 aromatic carbocycles. The lowest BCUT2D eigenvalue weighted by atomic mass is 9.70. The van der Waals surface area contributed by atoms with Gasteiger partial charge in [0.05, 0.1) is 18.8 Å². The smallest absolute Gasteiger partial charge is 0.186 e. The normalized spacial score (nSPS) is 39.1. The van der Waals surface area contributed by atoms with Crippen LogP contribution in [0.3, 0.4) is 0 Å². The van der Waals surface area contributed by atoms with Crippen LogP contribution in [0.4, 0.5) is 0 Å². The standard InChI is InChI=1S/C19H34O7/c1-10-7-12(21)8-19(3,4)13(10)6-5-11(2)25-18-17(24)16(23)15(22)14(9-20)26-18/h11-12,14-18,20-24H,5-9H2,1-4H3/t11-,12+,14-,15-,16+,17-,18-/m1/s1. The van der Waals surface area contributed by atoms with E-state index in [1.807, 2.05) is 6.92 Å². The lowest BCUT2D eigenvalue weighted by Gasteiger charge is -2.41. The molecule has 1 heterocycles. The number of hydrogen-bond acceptors (Lipinski definition) is 7. The first-order valence-corrected chi connectivity index (χ1v) is 9.40. The molecule has 0 unspecified atom stereocenters. The number of aliphatic hydroxyl groups excluding tert-OH is 5. The molecule has 0 aromatic rings. The van der Waals surface area contributed by atoms with Crippen molar-refractivity contribution in [3.8, 4) is 0 Å². The molecule has 0 bridgehead atoms. The molecule has 152 valence electrons. The molecule has 0 spiro atoms. The minimum absolute atomic E-state index is 0.0649. The predicted octanol–water partition coefficient (Wildman–Crippen LogP) is 0.469. The van der Waals surface area contributed by atoms with Gasteiger partial charge in [0.2, 0.25) is 0 Å². The first kappa shape index (κ1) is 21.8. The van der Waals surface area contributed by atoms with Crippen LogP contribution in [-0.4, -0.2) is 75.1 Å². The van der Waals surface area contributed by atoms with Crippen molar-refractivity contribution < 1.29 is 35.0 Å². The van der Waals surface area contributed by atoms with Gasteiger partial charge >= 0.3 is 0 Å². The average molecular weight is 374 g/mol. The van der Waals surface area contributed by atoms with Crippen LogP contribution < -0.4 is 0 Å². The van der Waals surface area contributed by atoms with E-state index in [0.29, 0.717) is 12.8 Å². The van der Waals surface area contributed by atoms with Crippen molar-refractivity contribution in [1.29, 1.82) is 0 Å². The van der Waals surface area contributed by atoms with Crippen molar-refractivity contribution in [1.82, 2.24) is 0 Å². The molecule has 0 saturated carbocycles. The summed E-state index contributed by atoms with van der Waals surface area (Å²) in [4.78, 5) is 0. The molecular weight excluding hydrogens is 340 g/mol. The molecule has 2 aliphatic rings. The molecule has 5 N–H and O–H groups in total. The number of allylic oxidation sites excluding steroid dienone is 1. The maximum Gasteiger partial charge on any atom is 0.186 e. The van der Waals surface area contributed by atoms with Crippen LogP contribution in [0.1, 0.15) is 53.4 Å². The zero-order chi connectivity index (χ0) is 19.6. The Bertz CT molecular complexity index is 502. The molecule has 26 heavy (non-hydrogen) atoms. The first-order valence-electron chi connectivity index (χ1n) is 9.40. The number of aliphatic hydroxyl groups is 5. The van der Waals surface area contributed by atoms with Crippen molar-refractivity contribution >= 4 is 0 Å². The highest BCUT2D eigenvalue weighted by atomic mass is 16.7. The van der Waals surface area contributed by atoms with E-state index in [-0.39, 0.29) is 17.6 Å². The topological polar surface area (TPSA) is 120 Å². The van der Waals surface area contributed by atoms with Gasteiger partial charge < -0.3 is 35.0 Å². The Balaban J connectivity index is 1.94. The second-order valence-corrected chi connectivity index (χ2v) is 8.39. The third-order valence-corrected chi connectivity index (χ3v) is 5.64. The van der Waals surface area contributed by atoms with Gasteiger partial charge in [-0.3, -0.25) is 0 Å². The minimum atomic E-state index is -1.43. The second-order valence-electron chi connectivity index (χ2n) is 8.39. The van der Waals surface area contributed by atoms with Crippen LogP contribution in [0.15, 0.2) is 11.1 Å². The third-order valence-electron chi connectivity index (χ3n) is 5.64. The van der Waals surface area contributed by atoms with E-state index in [1.165, 1.54) is 11.1 Å². The van der Waals surface area contributed by atoms with Gasteiger partial charge in [-0.15, -0.1) is 0 Å². The Kier molecular flexibility index (Phi) is 7.23. The molecule has 0 amide bonds. The summed E-state index contributed by atoms with van der Waals surface area (Å²) >= 11 is 0. The fraction of sp³-hybridized carbons (Fsp3) is 0.895. The van der Waals surface area contributed by atoms with E-state index in [4.69, 9.17) is 9.47 Å². The predicted molar refractivity (Wildman–Crippen MR) is 95.3 cm³/mol. The van der Waals surface area contributed by atoms with Crippen LogP contribution in [-0.2, 0) is 9.47 Å². The van der Waals surface area contributed by atoms with Crippen molar-refractivity contribution in [2.45, 2.75) is 96.3 Å². The molecule has 7 atom stereocenters. The van der Waals surface area contributed by atoms with E-state index in [9.17, 15) is 25.5 Å². The average Bonchev–Trinajstić information content (AvgIpc) is 2.53. The molecule has 0 aromatic heterocycles. The summed E-state index contributed by atoms with van der Waals surface area (Å²) in [7, 11) is 0. The van der Waals surface area contributed by atoms with Crippen molar-refractivity contribution in [3.63, 3.8) is 0 Å². The van der Waals surface area contributed by atoms with Gasteiger partial charge in [-0.25, -0.2) is 0 Å². The molecule has 7 nitrogen and oxygen atoms in total. The van der Waals surface area contributed by atoms with Gasteiger partial charge in [-0.05, 0) is 44.9 Å². The Hall–Kier alpha value is -0.540. The Labute approximate surface area is 155 Å². The van der Waals surface area contributed by atoms with E-state index >= 15 is 0 Å². The van der Waals surface area contributed by atoms with E-state index in [1.54, 1.807) is 0 Å². The fourth-order valence-electron chi connectivity index (χ4n) is 4.21. The van der Waals surface area contributed by atoms with Crippen LogP contribution in [0.2, 0.25) is 0 Å². The summed E-state index contributed by atoms with van der Waals surface area (Å²) in [6.45, 7) is 7.72. The lowest BCUT2D eigenvalue weighted by molar-refractivity contribution is -0.310. The zero-order valence-corrected chi connectivity index (χ0v) is 16.1. The molecule has 0 radical (unpaired) electrons. The lowest BCUT2D eigenvalue weighted by Crippen LogP contribution is -2.59. The van der Waals surface area contributed by atoms with Gasteiger partial charge in [0.25, 0.3) is 0 Å². The molecule has 1 aliphatic heterocycles. The fourth-order valence-corrected chi connectivity index (χ4v) is 4.21. The Morgan fingerprint density at radius 2 is 1.81 bits per heavy atom. The highest BCUT2D eigenvalue weighted by Crippen LogP contribution is 2.42. The molecular formula is C19H34O7. The summed E-state index contributed by atoms with van der Waals surface area (Å²) in [5.41, 5.74) is 2.48. The summed E-state index contributed by atoms with van der Waals surface area (Å²) in [6, 6.07) is 0.